The van der Waals surface area contributed by atoms with Gasteiger partial charge in [-0.2, -0.15) is 0 Å². The van der Waals surface area contributed by atoms with Crippen LogP contribution in [0.25, 0.3) is 11.2 Å². The lowest BCUT2D eigenvalue weighted by Crippen LogP contribution is -2.45. The fourth-order valence-electron chi connectivity index (χ4n) is 6.62. The largest absolute Gasteiger partial charge is 0.387 e. The standard InChI is InChI=1S/C36H45N9O6/c1-2-37-33(48)29-27(46)28(47)35(51-29)45-21-41-26-30(40-20-25(22-12-6-3-7-13-22)23-14-8-4-9-15-23)43-31(44-32(26)45)34(49)38-18-19-39-36(50)42-24-16-10-5-11-17-24/h3-4,6-9,12-15,21,24-25,27-29,35,46-47H,2,5,10-11,16-20H2,1H3,(H,37,48)(H,38,49)(H2,39,42,50)(H,40,43,44)/t27-,28+,29-,35+/m0/s1. The van der Waals surface area contributed by atoms with Crippen molar-refractivity contribution in [2.75, 3.05) is 31.5 Å². The number of aliphatic hydroxyl groups excluding tert-OH is 2. The minimum atomic E-state index is -1.51. The lowest BCUT2D eigenvalue weighted by molar-refractivity contribution is -0.137. The Morgan fingerprint density at radius 3 is 2.22 bits per heavy atom. The van der Waals surface area contributed by atoms with Gasteiger partial charge in [-0.1, -0.05) is 79.9 Å². The van der Waals surface area contributed by atoms with Crippen LogP contribution in [-0.4, -0.2) is 98.1 Å². The van der Waals surface area contributed by atoms with Crippen molar-refractivity contribution in [2.45, 2.75) is 75.5 Å². The average molecular weight is 700 g/mol. The predicted octanol–water partition coefficient (Wildman–Crippen LogP) is 2.19. The van der Waals surface area contributed by atoms with Crippen LogP contribution in [0.3, 0.4) is 0 Å². The third-order valence-corrected chi connectivity index (χ3v) is 9.26. The molecular weight excluding hydrogens is 654 g/mol. The molecule has 6 rings (SSSR count). The number of hydrogen-bond acceptors (Lipinski definition) is 10. The molecule has 1 saturated heterocycles. The molecule has 51 heavy (non-hydrogen) atoms. The van der Waals surface area contributed by atoms with Gasteiger partial charge in [-0.25, -0.2) is 19.7 Å². The number of carbonyl (C=O) groups excluding carboxylic acids is 3. The Labute approximate surface area is 295 Å². The second-order valence-corrected chi connectivity index (χ2v) is 12.8. The van der Waals surface area contributed by atoms with Crippen LogP contribution in [0.2, 0.25) is 0 Å². The number of ether oxygens (including phenoxy) is 1. The first-order chi connectivity index (χ1) is 24.8. The molecule has 15 nitrogen and oxygen atoms in total. The molecule has 0 radical (unpaired) electrons. The van der Waals surface area contributed by atoms with E-state index in [4.69, 9.17) is 4.74 Å². The zero-order valence-electron chi connectivity index (χ0n) is 28.5. The van der Waals surface area contributed by atoms with Gasteiger partial charge in [0, 0.05) is 38.1 Å². The molecule has 4 aromatic rings. The molecule has 270 valence electrons. The molecule has 2 fully saturated rings. The Kier molecular flexibility index (Phi) is 11.7. The molecule has 2 aromatic heterocycles. The molecule has 1 saturated carbocycles. The Hall–Kier alpha value is -5.12. The number of hydrogen-bond donors (Lipinski definition) is 7. The van der Waals surface area contributed by atoms with E-state index in [1.54, 1.807) is 6.92 Å². The van der Waals surface area contributed by atoms with Gasteiger partial charge in [0.2, 0.25) is 5.82 Å². The summed E-state index contributed by atoms with van der Waals surface area (Å²) in [7, 11) is 0. The number of nitrogens with one attached hydrogen (secondary N) is 5. The van der Waals surface area contributed by atoms with E-state index >= 15 is 0 Å². The monoisotopic (exact) mass is 699 g/mol. The molecule has 0 unspecified atom stereocenters. The molecule has 2 aliphatic rings. The van der Waals surface area contributed by atoms with Gasteiger partial charge in [-0.3, -0.25) is 14.2 Å². The average Bonchev–Trinajstić information content (AvgIpc) is 3.71. The number of imidazole rings is 1. The van der Waals surface area contributed by atoms with Gasteiger partial charge in [-0.05, 0) is 30.9 Å². The molecule has 4 amide bonds. The summed E-state index contributed by atoms with van der Waals surface area (Å²) in [6, 6.07) is 19.9. The number of amides is 4. The first-order valence-electron chi connectivity index (χ1n) is 17.5. The molecule has 1 aliphatic heterocycles. The summed E-state index contributed by atoms with van der Waals surface area (Å²) in [4.78, 5) is 52.0. The topological polar surface area (TPSA) is 205 Å². The highest BCUT2D eigenvalue weighted by atomic mass is 16.6. The van der Waals surface area contributed by atoms with E-state index in [0.29, 0.717) is 18.6 Å². The Morgan fingerprint density at radius 2 is 1.55 bits per heavy atom. The summed E-state index contributed by atoms with van der Waals surface area (Å²) < 4.78 is 7.23. The van der Waals surface area contributed by atoms with Crippen LogP contribution in [0.15, 0.2) is 67.0 Å². The Morgan fingerprint density at radius 1 is 0.882 bits per heavy atom. The molecule has 3 heterocycles. The van der Waals surface area contributed by atoms with Crippen LogP contribution in [0.5, 0.6) is 0 Å². The molecular formula is C36H45N9O6. The molecule has 0 bridgehead atoms. The maximum Gasteiger partial charge on any atom is 0.315 e. The van der Waals surface area contributed by atoms with Crippen LogP contribution >= 0.6 is 0 Å². The number of anilines is 1. The van der Waals surface area contributed by atoms with Gasteiger partial charge in [-0.15, -0.1) is 0 Å². The summed E-state index contributed by atoms with van der Waals surface area (Å²) >= 11 is 0. The van der Waals surface area contributed by atoms with E-state index in [2.05, 4.69) is 41.5 Å². The fourth-order valence-corrected chi connectivity index (χ4v) is 6.62. The van der Waals surface area contributed by atoms with E-state index in [0.717, 1.165) is 36.8 Å². The number of nitrogens with zero attached hydrogens (tertiary/aromatic N) is 4. The van der Waals surface area contributed by atoms with Crippen molar-refractivity contribution in [3.05, 3.63) is 83.9 Å². The van der Waals surface area contributed by atoms with Crippen molar-refractivity contribution in [1.82, 2.24) is 40.8 Å². The van der Waals surface area contributed by atoms with E-state index in [1.165, 1.54) is 17.3 Å². The summed E-state index contributed by atoms with van der Waals surface area (Å²) in [6.45, 7) is 2.74. The zero-order chi connectivity index (χ0) is 35.7. The van der Waals surface area contributed by atoms with Crippen molar-refractivity contribution in [1.29, 1.82) is 0 Å². The van der Waals surface area contributed by atoms with Crippen molar-refractivity contribution < 1.29 is 29.3 Å². The van der Waals surface area contributed by atoms with Crippen molar-refractivity contribution in [3.63, 3.8) is 0 Å². The summed E-state index contributed by atoms with van der Waals surface area (Å²) in [5.74, 6) is -1.18. The van der Waals surface area contributed by atoms with Gasteiger partial charge < -0.3 is 41.5 Å². The van der Waals surface area contributed by atoms with Gasteiger partial charge in [0.15, 0.2) is 29.3 Å². The predicted molar refractivity (Wildman–Crippen MR) is 189 cm³/mol. The number of aliphatic hydroxyl groups is 2. The minimum Gasteiger partial charge on any atom is -0.387 e. The van der Waals surface area contributed by atoms with Crippen LogP contribution in [-0.2, 0) is 9.53 Å². The minimum absolute atomic E-state index is 0.0874. The lowest BCUT2D eigenvalue weighted by atomic mass is 9.91. The fraction of sp³-hybridized carbons (Fsp3) is 0.444. The molecule has 1 aliphatic carbocycles. The molecule has 15 heteroatoms. The summed E-state index contributed by atoms with van der Waals surface area (Å²) in [5.41, 5.74) is 2.57. The highest BCUT2D eigenvalue weighted by Gasteiger charge is 2.47. The number of urea groups is 1. The Balaban J connectivity index is 1.24. The van der Waals surface area contributed by atoms with Crippen LogP contribution in [0.1, 0.15) is 72.9 Å². The maximum atomic E-state index is 13.5. The van der Waals surface area contributed by atoms with Crippen molar-refractivity contribution in [3.8, 4) is 0 Å². The zero-order valence-corrected chi connectivity index (χ0v) is 28.5. The molecule has 7 N–H and O–H groups in total. The normalized spacial score (nSPS) is 20.6. The second kappa shape index (κ2) is 16.7. The number of likely N-dealkylation sites (N-methyl/N-ethyl adjacent to an activating group) is 1. The van der Waals surface area contributed by atoms with E-state index in [9.17, 15) is 24.6 Å². The second-order valence-electron chi connectivity index (χ2n) is 12.8. The van der Waals surface area contributed by atoms with Gasteiger partial charge in [0.1, 0.15) is 12.2 Å². The summed E-state index contributed by atoms with van der Waals surface area (Å²) in [5, 5.41) is 36.2. The summed E-state index contributed by atoms with van der Waals surface area (Å²) in [6.07, 6.45) is 1.11. The third-order valence-electron chi connectivity index (χ3n) is 9.26. The number of benzene rings is 2. The van der Waals surface area contributed by atoms with E-state index < -0.39 is 36.4 Å². The maximum absolute atomic E-state index is 13.5. The van der Waals surface area contributed by atoms with Crippen molar-refractivity contribution in [2.24, 2.45) is 0 Å². The van der Waals surface area contributed by atoms with E-state index in [-0.39, 0.29) is 48.4 Å². The number of aromatic nitrogens is 4. The first kappa shape index (κ1) is 35.7. The van der Waals surface area contributed by atoms with Crippen molar-refractivity contribution >= 4 is 34.8 Å². The number of carbonyl (C=O) groups is 3. The quantitative estimate of drug-likeness (QED) is 0.101. The van der Waals surface area contributed by atoms with Crippen LogP contribution < -0.4 is 26.6 Å². The number of fused-ring (bicyclic) bond motifs is 1. The number of rotatable bonds is 13. The van der Waals surface area contributed by atoms with Gasteiger partial charge >= 0.3 is 6.03 Å². The van der Waals surface area contributed by atoms with Gasteiger partial charge in [0.05, 0.1) is 6.33 Å². The van der Waals surface area contributed by atoms with Gasteiger partial charge in [0.25, 0.3) is 11.8 Å². The SMILES string of the molecule is CCNC(=O)[C@H]1O[C@@H](n2cnc3c(NCC(c4ccccc4)c4ccccc4)nc(C(=O)NCCNC(=O)NC4CCCCC4)nc32)[C@H](O)[C@@H]1O. The van der Waals surface area contributed by atoms with E-state index in [1.807, 2.05) is 60.7 Å². The Bertz CT molecular complexity index is 1740. The molecule has 2 aromatic carbocycles. The van der Waals surface area contributed by atoms with Crippen LogP contribution in [0, 0.1) is 0 Å². The third kappa shape index (κ3) is 8.44. The molecule has 4 atom stereocenters. The smallest absolute Gasteiger partial charge is 0.315 e. The van der Waals surface area contributed by atoms with Crippen LogP contribution in [0.4, 0.5) is 10.6 Å². The highest BCUT2D eigenvalue weighted by molar-refractivity contribution is 5.94. The first-order valence-corrected chi connectivity index (χ1v) is 17.5. The molecule has 0 spiro atoms. The highest BCUT2D eigenvalue weighted by Crippen LogP contribution is 2.33. The lowest BCUT2D eigenvalue weighted by Gasteiger charge is -2.22.